The number of rotatable bonds is 0. The van der Waals surface area contributed by atoms with Crippen molar-refractivity contribution in [2.24, 2.45) is 28.6 Å². The van der Waals surface area contributed by atoms with E-state index in [-0.39, 0.29) is 10.8 Å². The summed E-state index contributed by atoms with van der Waals surface area (Å²) in [4.78, 5) is 11.8. The molecule has 0 aromatic heterocycles. The molecule has 0 aromatic rings. The van der Waals surface area contributed by atoms with Crippen LogP contribution in [0.4, 0.5) is 0 Å². The standard InChI is InChI=1S/C20H30O2/c1-18-9-6-14(21)12-13(18)4-5-15-16(18)7-10-19(2)17(15)8-11-20(19,3)22/h12,15-17,22H,4-11H2,1-3H3/t15-,16-,17-,18+,19-,20-/m0/s1. The SMILES string of the molecule is C[C@]1(O)CC[C@H]2[C@H]3CCC4=CC(=O)CC[C@@]4(C)[C@H]3CC[C@@]21C. The first-order chi connectivity index (χ1) is 10.3. The molecule has 3 fully saturated rings. The molecule has 0 bridgehead atoms. The van der Waals surface area contributed by atoms with E-state index in [4.69, 9.17) is 0 Å². The molecule has 4 aliphatic carbocycles. The normalized spacial score (nSPS) is 54.3. The maximum absolute atomic E-state index is 11.8. The van der Waals surface area contributed by atoms with Crippen LogP contribution in [0.25, 0.3) is 0 Å². The Morgan fingerprint density at radius 1 is 1.00 bits per heavy atom. The number of fused-ring (bicyclic) bond motifs is 5. The van der Waals surface area contributed by atoms with Gasteiger partial charge in [-0.15, -0.1) is 0 Å². The van der Waals surface area contributed by atoms with Crippen molar-refractivity contribution in [3.63, 3.8) is 0 Å². The number of aliphatic hydroxyl groups is 1. The lowest BCUT2D eigenvalue weighted by molar-refractivity contribution is -0.124. The van der Waals surface area contributed by atoms with E-state index in [1.807, 2.05) is 6.08 Å². The van der Waals surface area contributed by atoms with E-state index in [1.165, 1.54) is 24.8 Å². The zero-order valence-electron chi connectivity index (χ0n) is 14.3. The molecule has 0 amide bonds. The first-order valence-electron chi connectivity index (χ1n) is 9.24. The van der Waals surface area contributed by atoms with E-state index in [9.17, 15) is 9.90 Å². The van der Waals surface area contributed by atoms with Crippen LogP contribution >= 0.6 is 0 Å². The highest BCUT2D eigenvalue weighted by atomic mass is 16.3. The summed E-state index contributed by atoms with van der Waals surface area (Å²) in [5.41, 5.74) is 1.32. The molecule has 3 saturated carbocycles. The lowest BCUT2D eigenvalue weighted by Crippen LogP contribution is -2.53. The molecular weight excluding hydrogens is 272 g/mol. The molecular formula is C20H30O2. The van der Waals surface area contributed by atoms with Gasteiger partial charge in [-0.1, -0.05) is 19.4 Å². The molecule has 22 heavy (non-hydrogen) atoms. The highest BCUT2D eigenvalue weighted by molar-refractivity contribution is 5.91. The van der Waals surface area contributed by atoms with Crippen molar-refractivity contribution in [3.8, 4) is 0 Å². The number of ketones is 1. The molecule has 1 N–H and O–H groups in total. The average molecular weight is 302 g/mol. The van der Waals surface area contributed by atoms with Crippen LogP contribution in [0, 0.1) is 28.6 Å². The van der Waals surface area contributed by atoms with Crippen LogP contribution in [0.15, 0.2) is 11.6 Å². The topological polar surface area (TPSA) is 37.3 Å². The lowest BCUT2D eigenvalue weighted by atomic mass is 9.46. The van der Waals surface area contributed by atoms with Gasteiger partial charge in [0.15, 0.2) is 5.78 Å². The fourth-order valence-corrected chi connectivity index (χ4v) is 6.80. The third-order valence-electron chi connectivity index (χ3n) is 8.52. The number of allylic oxidation sites excluding steroid dienone is 1. The molecule has 4 aliphatic rings. The Balaban J connectivity index is 1.70. The van der Waals surface area contributed by atoms with Crippen LogP contribution in [0.2, 0.25) is 0 Å². The van der Waals surface area contributed by atoms with E-state index in [0.717, 1.165) is 43.9 Å². The fraction of sp³-hybridized carbons (Fsp3) is 0.850. The molecule has 0 aromatic carbocycles. The van der Waals surface area contributed by atoms with Crippen molar-refractivity contribution in [1.82, 2.24) is 0 Å². The Morgan fingerprint density at radius 2 is 1.73 bits per heavy atom. The smallest absolute Gasteiger partial charge is 0.155 e. The number of carbonyl (C=O) groups is 1. The fourth-order valence-electron chi connectivity index (χ4n) is 6.80. The summed E-state index contributed by atoms with van der Waals surface area (Å²) in [6, 6.07) is 0. The minimum Gasteiger partial charge on any atom is -0.390 e. The summed E-state index contributed by atoms with van der Waals surface area (Å²) < 4.78 is 0. The largest absolute Gasteiger partial charge is 0.390 e. The van der Waals surface area contributed by atoms with Crippen LogP contribution in [0.3, 0.4) is 0 Å². The van der Waals surface area contributed by atoms with Crippen molar-refractivity contribution in [2.75, 3.05) is 0 Å². The van der Waals surface area contributed by atoms with E-state index < -0.39 is 5.60 Å². The van der Waals surface area contributed by atoms with Gasteiger partial charge >= 0.3 is 0 Å². The maximum Gasteiger partial charge on any atom is 0.155 e. The van der Waals surface area contributed by atoms with E-state index in [2.05, 4.69) is 20.8 Å². The molecule has 0 heterocycles. The Bertz CT molecular complexity index is 546. The van der Waals surface area contributed by atoms with Crippen LogP contribution in [-0.2, 0) is 4.79 Å². The van der Waals surface area contributed by atoms with Crippen molar-refractivity contribution < 1.29 is 9.90 Å². The minimum atomic E-state index is -0.484. The lowest BCUT2D eigenvalue weighted by Gasteiger charge is -2.58. The molecule has 2 heteroatoms. The van der Waals surface area contributed by atoms with Crippen LogP contribution < -0.4 is 0 Å². The quantitative estimate of drug-likeness (QED) is 0.725. The monoisotopic (exact) mass is 302 g/mol. The van der Waals surface area contributed by atoms with E-state index >= 15 is 0 Å². The van der Waals surface area contributed by atoms with Crippen LogP contribution in [-0.4, -0.2) is 16.5 Å². The summed E-state index contributed by atoms with van der Waals surface area (Å²) in [6.07, 6.45) is 10.7. The first-order valence-corrected chi connectivity index (χ1v) is 9.24. The molecule has 4 rings (SSSR count). The zero-order chi connectivity index (χ0) is 15.8. The predicted molar refractivity (Wildman–Crippen MR) is 87.3 cm³/mol. The molecule has 6 atom stereocenters. The van der Waals surface area contributed by atoms with Gasteiger partial charge in [0, 0.05) is 6.42 Å². The van der Waals surface area contributed by atoms with Gasteiger partial charge in [0.25, 0.3) is 0 Å². The van der Waals surface area contributed by atoms with E-state index in [1.54, 1.807) is 0 Å². The molecule has 0 spiro atoms. The van der Waals surface area contributed by atoms with Crippen molar-refractivity contribution in [3.05, 3.63) is 11.6 Å². The summed E-state index contributed by atoms with van der Waals surface area (Å²) in [7, 11) is 0. The van der Waals surface area contributed by atoms with Gasteiger partial charge in [0.05, 0.1) is 5.60 Å². The molecule has 0 saturated heterocycles. The van der Waals surface area contributed by atoms with Gasteiger partial charge in [-0.3, -0.25) is 4.79 Å². The second kappa shape index (κ2) is 4.47. The summed E-state index contributed by atoms with van der Waals surface area (Å²) in [5.74, 6) is 2.50. The third-order valence-corrected chi connectivity index (χ3v) is 8.52. The highest BCUT2D eigenvalue weighted by Gasteiger charge is 2.62. The number of hydrogen-bond donors (Lipinski definition) is 1. The Hall–Kier alpha value is -0.630. The summed E-state index contributed by atoms with van der Waals surface area (Å²) in [5, 5.41) is 10.9. The zero-order valence-corrected chi connectivity index (χ0v) is 14.3. The van der Waals surface area contributed by atoms with Gasteiger partial charge in [-0.25, -0.2) is 0 Å². The Morgan fingerprint density at radius 3 is 2.50 bits per heavy atom. The molecule has 0 radical (unpaired) electrons. The Labute approximate surface area is 134 Å². The van der Waals surface area contributed by atoms with Crippen LogP contribution in [0.5, 0.6) is 0 Å². The predicted octanol–water partition coefficient (Wildman–Crippen LogP) is 4.27. The first kappa shape index (κ1) is 14.9. The van der Waals surface area contributed by atoms with Crippen molar-refractivity contribution in [2.45, 2.75) is 77.7 Å². The second-order valence-corrected chi connectivity index (χ2v) is 9.24. The van der Waals surface area contributed by atoms with Gasteiger partial charge in [-0.05, 0) is 86.5 Å². The van der Waals surface area contributed by atoms with Crippen molar-refractivity contribution in [1.29, 1.82) is 0 Å². The van der Waals surface area contributed by atoms with Crippen LogP contribution in [0.1, 0.15) is 72.1 Å². The van der Waals surface area contributed by atoms with Gasteiger partial charge in [0.1, 0.15) is 0 Å². The molecule has 0 aliphatic heterocycles. The summed E-state index contributed by atoms with van der Waals surface area (Å²) in [6.45, 7) is 6.85. The average Bonchev–Trinajstić information content (AvgIpc) is 2.70. The van der Waals surface area contributed by atoms with E-state index in [0.29, 0.717) is 11.7 Å². The van der Waals surface area contributed by atoms with Gasteiger partial charge in [-0.2, -0.15) is 0 Å². The van der Waals surface area contributed by atoms with Gasteiger partial charge in [0.2, 0.25) is 0 Å². The third kappa shape index (κ3) is 1.74. The second-order valence-electron chi connectivity index (χ2n) is 9.24. The number of carbonyl (C=O) groups excluding carboxylic acids is 1. The summed E-state index contributed by atoms with van der Waals surface area (Å²) >= 11 is 0. The molecule has 122 valence electrons. The maximum atomic E-state index is 11.8. The van der Waals surface area contributed by atoms with Gasteiger partial charge < -0.3 is 5.11 Å². The minimum absolute atomic E-state index is 0.107. The molecule has 0 unspecified atom stereocenters. The Kier molecular flexibility index (Phi) is 3.03. The highest BCUT2D eigenvalue weighted by Crippen LogP contribution is 2.67. The molecule has 2 nitrogen and oxygen atoms in total. The van der Waals surface area contributed by atoms with Crippen molar-refractivity contribution >= 4 is 5.78 Å². The number of hydrogen-bond acceptors (Lipinski definition) is 2.